The van der Waals surface area contributed by atoms with Gasteiger partial charge in [-0.2, -0.15) is 0 Å². The third kappa shape index (κ3) is 12.5. The van der Waals surface area contributed by atoms with E-state index in [1.165, 1.54) is 14.0 Å². The monoisotopic (exact) mass is 545 g/mol. The van der Waals surface area contributed by atoms with Crippen molar-refractivity contribution in [1.82, 2.24) is 14.7 Å². The first-order valence-corrected chi connectivity index (χ1v) is 12.9. The van der Waals surface area contributed by atoms with Crippen molar-refractivity contribution in [2.45, 2.75) is 77.5 Å². The summed E-state index contributed by atoms with van der Waals surface area (Å²) < 4.78 is 16.2. The van der Waals surface area contributed by atoms with Gasteiger partial charge in [0.15, 0.2) is 0 Å². The predicted octanol–water partition coefficient (Wildman–Crippen LogP) is 1.43. The Hall–Kier alpha value is -2.93. The number of likely N-dealkylation sites (tertiary alicyclic amines) is 1. The van der Waals surface area contributed by atoms with Crippen molar-refractivity contribution in [3.63, 3.8) is 0 Å². The molecule has 13 heteroatoms. The minimum absolute atomic E-state index is 0.0832. The van der Waals surface area contributed by atoms with Crippen LogP contribution in [0.2, 0.25) is 0 Å². The molecule has 218 valence electrons. The number of carbonyl (C=O) groups excluding carboxylic acids is 3. The van der Waals surface area contributed by atoms with Gasteiger partial charge in [0.2, 0.25) is 11.8 Å². The lowest BCUT2D eigenvalue weighted by Crippen LogP contribution is -2.50. The van der Waals surface area contributed by atoms with Gasteiger partial charge >= 0.3 is 18.0 Å². The van der Waals surface area contributed by atoms with E-state index in [1.807, 2.05) is 0 Å². The van der Waals surface area contributed by atoms with Crippen LogP contribution in [0.25, 0.3) is 0 Å². The van der Waals surface area contributed by atoms with Gasteiger partial charge in [-0.05, 0) is 40.5 Å². The maximum Gasteiger partial charge on any atom is 0.410 e. The standard InChI is InChI=1S/C25H43N3O10/c1-18(23(33)34)26(5)20(29)6-7-21(30)28(13-15-37-17-16-36-14-10-22(31)32)19-8-11-27(12-9-19)24(35)38-25(2,3)4/h18-19H,6-17H2,1-5H3,(H,31,32)(H,33,34). The van der Waals surface area contributed by atoms with Crippen molar-refractivity contribution in [3.05, 3.63) is 0 Å². The fraction of sp³-hybridized carbons (Fsp3) is 0.800. The third-order valence-corrected chi connectivity index (χ3v) is 6.07. The van der Waals surface area contributed by atoms with Gasteiger partial charge in [-0.25, -0.2) is 9.59 Å². The third-order valence-electron chi connectivity index (χ3n) is 6.07. The summed E-state index contributed by atoms with van der Waals surface area (Å²) in [6, 6.07) is -1.17. The van der Waals surface area contributed by atoms with Crippen LogP contribution >= 0.6 is 0 Å². The molecule has 0 aromatic carbocycles. The van der Waals surface area contributed by atoms with Crippen molar-refractivity contribution in [2.24, 2.45) is 0 Å². The Labute approximate surface area is 224 Å². The van der Waals surface area contributed by atoms with Gasteiger partial charge in [-0.15, -0.1) is 0 Å². The molecule has 0 aromatic heterocycles. The van der Waals surface area contributed by atoms with Crippen LogP contribution in [-0.4, -0.2) is 126 Å². The first kappa shape index (κ1) is 33.1. The number of piperidine rings is 1. The number of likely N-dealkylation sites (N-methyl/N-ethyl adjacent to an activating group) is 1. The molecular formula is C25H43N3O10. The van der Waals surface area contributed by atoms with Crippen LogP contribution in [0.1, 0.15) is 59.8 Å². The van der Waals surface area contributed by atoms with Crippen LogP contribution in [0, 0.1) is 0 Å². The average Bonchev–Trinajstić information content (AvgIpc) is 2.84. The highest BCUT2D eigenvalue weighted by Gasteiger charge is 2.32. The van der Waals surface area contributed by atoms with E-state index in [1.54, 1.807) is 30.6 Å². The summed E-state index contributed by atoms with van der Waals surface area (Å²) in [5.41, 5.74) is -0.609. The first-order chi connectivity index (χ1) is 17.7. The van der Waals surface area contributed by atoms with Crippen LogP contribution in [-0.2, 0) is 33.4 Å². The Balaban J connectivity index is 2.68. The molecule has 0 aliphatic carbocycles. The molecule has 38 heavy (non-hydrogen) atoms. The fourth-order valence-corrected chi connectivity index (χ4v) is 3.76. The summed E-state index contributed by atoms with van der Waals surface area (Å²) in [5, 5.41) is 17.7. The zero-order chi connectivity index (χ0) is 28.9. The van der Waals surface area contributed by atoms with E-state index in [2.05, 4.69) is 0 Å². The molecule has 1 heterocycles. The molecule has 13 nitrogen and oxygen atoms in total. The Morgan fingerprint density at radius 3 is 1.97 bits per heavy atom. The number of hydrogen-bond donors (Lipinski definition) is 2. The van der Waals surface area contributed by atoms with Crippen molar-refractivity contribution >= 4 is 29.8 Å². The van der Waals surface area contributed by atoms with Crippen molar-refractivity contribution in [2.75, 3.05) is 53.1 Å². The number of amides is 3. The van der Waals surface area contributed by atoms with E-state index < -0.39 is 35.6 Å². The summed E-state index contributed by atoms with van der Waals surface area (Å²) in [6.45, 7) is 8.64. The number of hydrogen-bond acceptors (Lipinski definition) is 8. The lowest BCUT2D eigenvalue weighted by Gasteiger charge is -2.39. The summed E-state index contributed by atoms with van der Waals surface area (Å²) >= 11 is 0. The Bertz CT molecular complexity index is 806. The molecule has 1 aliphatic rings. The molecule has 1 fully saturated rings. The molecule has 0 radical (unpaired) electrons. The van der Waals surface area contributed by atoms with Gasteiger partial charge in [0, 0.05) is 45.6 Å². The van der Waals surface area contributed by atoms with Crippen molar-refractivity contribution in [3.8, 4) is 0 Å². The van der Waals surface area contributed by atoms with Crippen molar-refractivity contribution in [1.29, 1.82) is 0 Å². The SMILES string of the molecule is CC(C(=O)O)N(C)C(=O)CCC(=O)N(CCOCCOCCC(=O)O)C1CCN(C(=O)OC(C)(C)C)CC1. The van der Waals surface area contributed by atoms with Gasteiger partial charge in [-0.3, -0.25) is 14.4 Å². The topological polar surface area (TPSA) is 163 Å². The summed E-state index contributed by atoms with van der Waals surface area (Å²) in [4.78, 5) is 64.0. The van der Waals surface area contributed by atoms with E-state index in [4.69, 9.17) is 24.4 Å². The molecular weight excluding hydrogens is 502 g/mol. The van der Waals surface area contributed by atoms with Crippen LogP contribution in [0.4, 0.5) is 4.79 Å². The number of rotatable bonds is 15. The van der Waals surface area contributed by atoms with E-state index in [0.717, 1.165) is 4.90 Å². The number of aliphatic carboxylic acids is 2. The van der Waals surface area contributed by atoms with Gasteiger partial charge < -0.3 is 39.1 Å². The minimum atomic E-state index is -1.13. The number of nitrogens with zero attached hydrogens (tertiary/aromatic N) is 3. The van der Waals surface area contributed by atoms with Gasteiger partial charge in [0.05, 0.1) is 32.8 Å². The maximum atomic E-state index is 13.1. The zero-order valence-electron chi connectivity index (χ0n) is 23.1. The van der Waals surface area contributed by atoms with E-state index >= 15 is 0 Å². The second-order valence-electron chi connectivity index (χ2n) is 10.2. The molecule has 0 aromatic rings. The number of carboxylic acids is 2. The Morgan fingerprint density at radius 1 is 0.895 bits per heavy atom. The molecule has 0 saturated carbocycles. The highest BCUT2D eigenvalue weighted by molar-refractivity contribution is 5.86. The molecule has 1 saturated heterocycles. The number of ether oxygens (including phenoxy) is 3. The largest absolute Gasteiger partial charge is 0.481 e. The van der Waals surface area contributed by atoms with E-state index in [0.29, 0.717) is 25.9 Å². The molecule has 1 aliphatic heterocycles. The average molecular weight is 546 g/mol. The quantitative estimate of drug-likeness (QED) is 0.288. The van der Waals surface area contributed by atoms with Crippen LogP contribution in [0.5, 0.6) is 0 Å². The molecule has 2 N–H and O–H groups in total. The smallest absolute Gasteiger partial charge is 0.410 e. The molecule has 1 atom stereocenters. The Kier molecular flexibility index (Phi) is 14.0. The van der Waals surface area contributed by atoms with Crippen LogP contribution in [0.3, 0.4) is 0 Å². The molecule has 1 rings (SSSR count). The van der Waals surface area contributed by atoms with E-state index in [9.17, 15) is 24.0 Å². The van der Waals surface area contributed by atoms with Gasteiger partial charge in [0.1, 0.15) is 11.6 Å². The van der Waals surface area contributed by atoms with Gasteiger partial charge in [-0.1, -0.05) is 0 Å². The highest BCUT2D eigenvalue weighted by Crippen LogP contribution is 2.20. The molecule has 1 unspecified atom stereocenters. The van der Waals surface area contributed by atoms with E-state index in [-0.39, 0.29) is 64.2 Å². The number of carboxylic acid groups (broad SMARTS) is 2. The van der Waals surface area contributed by atoms with Crippen LogP contribution < -0.4 is 0 Å². The minimum Gasteiger partial charge on any atom is -0.481 e. The second-order valence-corrected chi connectivity index (χ2v) is 10.2. The summed E-state index contributed by atoms with van der Waals surface area (Å²) in [7, 11) is 1.39. The summed E-state index contributed by atoms with van der Waals surface area (Å²) in [6.07, 6.45) is 0.365. The molecule has 0 spiro atoms. The molecule has 3 amide bonds. The summed E-state index contributed by atoms with van der Waals surface area (Å²) in [5.74, 6) is -2.77. The van der Waals surface area contributed by atoms with Crippen molar-refractivity contribution < 1.29 is 48.4 Å². The fourth-order valence-electron chi connectivity index (χ4n) is 3.76. The normalized spacial score (nSPS) is 15.0. The second kappa shape index (κ2) is 16.1. The maximum absolute atomic E-state index is 13.1. The lowest BCUT2D eigenvalue weighted by atomic mass is 10.0. The Morgan fingerprint density at radius 2 is 1.45 bits per heavy atom. The molecule has 0 bridgehead atoms. The highest BCUT2D eigenvalue weighted by atomic mass is 16.6. The van der Waals surface area contributed by atoms with Crippen LogP contribution in [0.15, 0.2) is 0 Å². The van der Waals surface area contributed by atoms with Gasteiger partial charge in [0.25, 0.3) is 0 Å². The lowest BCUT2D eigenvalue weighted by molar-refractivity contribution is -0.148. The number of carbonyl (C=O) groups is 5. The zero-order valence-corrected chi connectivity index (χ0v) is 23.1. The first-order valence-electron chi connectivity index (χ1n) is 12.9. The predicted molar refractivity (Wildman–Crippen MR) is 136 cm³/mol.